The Morgan fingerprint density at radius 1 is 0.361 bits per heavy atom. The van der Waals surface area contributed by atoms with Crippen molar-refractivity contribution in [2.75, 3.05) is 0 Å². The Hall–Kier alpha value is -6.98. The van der Waals surface area contributed by atoms with Crippen LogP contribution in [-0.4, -0.2) is 9.13 Å². The van der Waals surface area contributed by atoms with E-state index in [9.17, 15) is 0 Å². The second-order valence-electron chi connectivity index (χ2n) is 17.2. The number of rotatable bonds is 3. The number of nitrogens with zero attached hydrogens (tertiary/aromatic N) is 2. The Morgan fingerprint density at radius 3 is 1.44 bits per heavy atom. The van der Waals surface area contributed by atoms with Crippen molar-refractivity contribution in [1.82, 2.24) is 9.13 Å². The van der Waals surface area contributed by atoms with Gasteiger partial charge in [0, 0.05) is 78.7 Å². The molecular weight excluding hydrogens is 777 g/mol. The minimum atomic E-state index is -0.104. The fourth-order valence-electron chi connectivity index (χ4n) is 10.9. The van der Waals surface area contributed by atoms with E-state index in [1.54, 1.807) is 0 Å². The van der Waals surface area contributed by atoms with Gasteiger partial charge in [-0.25, -0.2) is 0 Å². The van der Waals surface area contributed by atoms with Gasteiger partial charge >= 0.3 is 0 Å². The molecule has 1 aliphatic rings. The van der Waals surface area contributed by atoms with E-state index in [4.69, 9.17) is 0 Å². The van der Waals surface area contributed by atoms with Crippen LogP contribution in [0.2, 0.25) is 0 Å². The van der Waals surface area contributed by atoms with Crippen molar-refractivity contribution in [3.05, 3.63) is 193 Å². The molecule has 13 aromatic rings. The summed E-state index contributed by atoms with van der Waals surface area (Å²) in [6, 6.07) is 68.5. The van der Waals surface area contributed by atoms with Crippen LogP contribution in [0.3, 0.4) is 0 Å². The molecule has 0 amide bonds. The molecule has 4 heterocycles. The zero-order valence-electron chi connectivity index (χ0n) is 33.5. The van der Waals surface area contributed by atoms with Gasteiger partial charge in [0.05, 0.1) is 22.1 Å². The van der Waals surface area contributed by atoms with E-state index in [0.29, 0.717) is 0 Å². The minimum absolute atomic E-state index is 0.104. The van der Waals surface area contributed by atoms with E-state index in [0.717, 1.165) is 11.4 Å². The van der Waals surface area contributed by atoms with Crippen LogP contribution in [-0.2, 0) is 5.41 Å². The van der Waals surface area contributed by atoms with Crippen molar-refractivity contribution in [2.24, 2.45) is 0 Å². The van der Waals surface area contributed by atoms with Gasteiger partial charge in [-0.05, 0) is 94.0 Å². The van der Waals surface area contributed by atoms with Crippen molar-refractivity contribution in [3.8, 4) is 33.6 Å². The molecule has 61 heavy (non-hydrogen) atoms. The molecule has 9 aromatic carbocycles. The molecule has 1 aliphatic carbocycles. The summed E-state index contributed by atoms with van der Waals surface area (Å²) in [6.07, 6.45) is 0. The topological polar surface area (TPSA) is 9.86 Å². The molecule has 0 bridgehead atoms. The summed E-state index contributed by atoms with van der Waals surface area (Å²) in [5, 5.41) is 10.5. The highest BCUT2D eigenvalue weighted by Crippen LogP contribution is 2.51. The minimum Gasteiger partial charge on any atom is -0.309 e. The average Bonchev–Trinajstić information content (AvgIpc) is 4.09. The maximum atomic E-state index is 2.52. The molecule has 0 aliphatic heterocycles. The lowest BCUT2D eigenvalue weighted by Crippen LogP contribution is -2.14. The quantitative estimate of drug-likeness (QED) is 0.168. The molecule has 0 saturated carbocycles. The largest absolute Gasteiger partial charge is 0.309 e. The van der Waals surface area contributed by atoms with E-state index in [-0.39, 0.29) is 5.41 Å². The van der Waals surface area contributed by atoms with Gasteiger partial charge in [-0.15, -0.1) is 22.7 Å². The monoisotopic (exact) mass is 812 g/mol. The van der Waals surface area contributed by atoms with Crippen molar-refractivity contribution >= 4 is 107 Å². The predicted molar refractivity (Wildman–Crippen MR) is 264 cm³/mol. The maximum Gasteiger partial charge on any atom is 0.0555 e. The van der Waals surface area contributed by atoms with Crippen LogP contribution in [0.4, 0.5) is 0 Å². The van der Waals surface area contributed by atoms with Gasteiger partial charge in [0.1, 0.15) is 0 Å². The second kappa shape index (κ2) is 12.1. The van der Waals surface area contributed by atoms with Crippen molar-refractivity contribution in [1.29, 1.82) is 0 Å². The third-order valence-corrected chi connectivity index (χ3v) is 16.1. The SMILES string of the molecule is CC1(C)c2ccccc2-c2ccc(-c3cc(-n4c5ccccc5c5c6sc7ccccc7c6ccc54)cc(-n4c5ccccc5c5c6sc7ccccc7c6ccc54)c3)cc21. The Kier molecular flexibility index (Phi) is 6.69. The van der Waals surface area contributed by atoms with Gasteiger partial charge in [0.25, 0.3) is 0 Å². The summed E-state index contributed by atoms with van der Waals surface area (Å²) in [7, 11) is 0. The summed E-state index contributed by atoms with van der Waals surface area (Å²) in [5.74, 6) is 0. The molecule has 14 rings (SSSR count). The molecule has 286 valence electrons. The van der Waals surface area contributed by atoms with Gasteiger partial charge in [-0.2, -0.15) is 0 Å². The number of aromatic nitrogens is 2. The summed E-state index contributed by atoms with van der Waals surface area (Å²) >= 11 is 3.82. The first-order valence-electron chi connectivity index (χ1n) is 21.1. The Labute approximate surface area is 359 Å². The lowest BCUT2D eigenvalue weighted by Gasteiger charge is -2.22. The molecule has 0 unspecified atom stereocenters. The van der Waals surface area contributed by atoms with Gasteiger partial charge in [0.15, 0.2) is 0 Å². The number of hydrogen-bond acceptors (Lipinski definition) is 2. The van der Waals surface area contributed by atoms with Crippen molar-refractivity contribution in [3.63, 3.8) is 0 Å². The van der Waals surface area contributed by atoms with Crippen molar-refractivity contribution < 1.29 is 0 Å². The smallest absolute Gasteiger partial charge is 0.0555 e. The normalized spacial score (nSPS) is 13.5. The van der Waals surface area contributed by atoms with Gasteiger partial charge < -0.3 is 9.13 Å². The number of benzene rings is 9. The molecule has 0 radical (unpaired) electrons. The number of thiophene rings is 2. The van der Waals surface area contributed by atoms with E-state index < -0.39 is 0 Å². The first-order chi connectivity index (χ1) is 30.0. The van der Waals surface area contributed by atoms with Crippen LogP contribution in [0.15, 0.2) is 182 Å². The van der Waals surface area contributed by atoms with E-state index in [2.05, 4.69) is 205 Å². The fraction of sp³-hybridized carbons (Fsp3) is 0.0526. The van der Waals surface area contributed by atoms with Crippen LogP contribution in [0.1, 0.15) is 25.0 Å². The molecule has 0 N–H and O–H groups in total. The van der Waals surface area contributed by atoms with Crippen LogP contribution in [0.25, 0.3) is 118 Å². The molecule has 0 fully saturated rings. The summed E-state index contributed by atoms with van der Waals surface area (Å²) in [5.41, 5.74) is 15.0. The van der Waals surface area contributed by atoms with Crippen LogP contribution >= 0.6 is 22.7 Å². The zero-order valence-corrected chi connectivity index (χ0v) is 35.2. The van der Waals surface area contributed by atoms with E-state index in [1.807, 2.05) is 22.7 Å². The first-order valence-corrected chi connectivity index (χ1v) is 22.7. The van der Waals surface area contributed by atoms with Crippen LogP contribution in [0.5, 0.6) is 0 Å². The third kappa shape index (κ3) is 4.51. The van der Waals surface area contributed by atoms with Gasteiger partial charge in [0.2, 0.25) is 0 Å². The average molecular weight is 813 g/mol. The molecule has 4 aromatic heterocycles. The van der Waals surface area contributed by atoms with Crippen LogP contribution < -0.4 is 0 Å². The van der Waals surface area contributed by atoms with Gasteiger partial charge in [-0.3, -0.25) is 0 Å². The summed E-state index contributed by atoms with van der Waals surface area (Å²) in [6.45, 7) is 4.76. The number of fused-ring (bicyclic) bond motifs is 17. The molecule has 2 nitrogen and oxygen atoms in total. The highest BCUT2D eigenvalue weighted by atomic mass is 32.1. The lowest BCUT2D eigenvalue weighted by atomic mass is 9.81. The standard InChI is InChI=1S/C57H36N2S2/c1-57(2)45-18-8-3-13-37(45)38-24-23-33(31-46(38)57)34-29-35(58-47-19-9-4-16-43(47)53-49(58)27-25-41-39-14-6-11-21-51(39)60-55(41)53)32-36(30-34)59-48-20-10-5-17-44(48)54-50(59)28-26-42-40-15-7-12-22-52(40)61-56(42)54/h3-32H,1-2H3. The highest BCUT2D eigenvalue weighted by Gasteiger charge is 2.35. The number of hydrogen-bond donors (Lipinski definition) is 0. The molecular formula is C57H36N2S2. The van der Waals surface area contributed by atoms with Crippen molar-refractivity contribution in [2.45, 2.75) is 19.3 Å². The Balaban J connectivity index is 1.09. The molecule has 0 spiro atoms. The summed E-state index contributed by atoms with van der Waals surface area (Å²) < 4.78 is 10.4. The molecule has 4 heteroatoms. The highest BCUT2D eigenvalue weighted by molar-refractivity contribution is 7.27. The molecule has 0 atom stereocenters. The van der Waals surface area contributed by atoms with E-state index >= 15 is 0 Å². The zero-order chi connectivity index (χ0) is 40.1. The number of para-hydroxylation sites is 2. The predicted octanol–water partition coefficient (Wildman–Crippen LogP) is 16.6. The Bertz CT molecular complexity index is 3830. The lowest BCUT2D eigenvalue weighted by molar-refractivity contribution is 0.660. The fourth-order valence-corrected chi connectivity index (χ4v) is 13.4. The van der Waals surface area contributed by atoms with Gasteiger partial charge in [-0.1, -0.05) is 135 Å². The first kappa shape index (κ1) is 33.8. The Morgan fingerprint density at radius 2 is 0.852 bits per heavy atom. The third-order valence-electron chi connectivity index (χ3n) is 13.7. The molecule has 0 saturated heterocycles. The maximum absolute atomic E-state index is 2.52. The summed E-state index contributed by atoms with van der Waals surface area (Å²) in [4.78, 5) is 0. The van der Waals surface area contributed by atoms with Crippen LogP contribution in [0, 0.1) is 0 Å². The second-order valence-corrected chi connectivity index (χ2v) is 19.3. The van der Waals surface area contributed by atoms with E-state index in [1.165, 1.54) is 117 Å².